The number of amides is 1. The van der Waals surface area contributed by atoms with Crippen LogP contribution in [0.3, 0.4) is 0 Å². The molecular weight excluding hydrogens is 352 g/mol. The number of benzene rings is 2. The second kappa shape index (κ2) is 8.23. The fraction of sp³-hybridized carbons (Fsp3) is 0.435. The lowest BCUT2D eigenvalue weighted by molar-refractivity contribution is -0.117. The van der Waals surface area contributed by atoms with Crippen molar-refractivity contribution >= 4 is 11.6 Å². The number of hydrogen-bond donors (Lipinski definition) is 1. The molecule has 0 bridgehead atoms. The van der Waals surface area contributed by atoms with Gasteiger partial charge in [-0.3, -0.25) is 9.69 Å². The molecule has 0 unspecified atom stereocenters. The molecule has 1 atom stereocenters. The normalized spacial score (nSPS) is 19.3. The van der Waals surface area contributed by atoms with Crippen LogP contribution in [0.2, 0.25) is 0 Å². The van der Waals surface area contributed by atoms with E-state index < -0.39 is 0 Å². The standard InChI is InChI=1S/C23H28N2O3/c1-16-6-8-19(13-17(16)2)24-23(26)15-25-10-3-5-20(25)18-7-9-21-22(14-18)28-12-4-11-27-21/h6-9,13-14,20H,3-5,10-12,15H2,1-2H3,(H,24,26)/t20-/m1/s1. The largest absolute Gasteiger partial charge is 0.490 e. The zero-order valence-electron chi connectivity index (χ0n) is 16.7. The summed E-state index contributed by atoms with van der Waals surface area (Å²) in [6.07, 6.45) is 3.05. The van der Waals surface area contributed by atoms with Gasteiger partial charge in [0.15, 0.2) is 11.5 Å². The predicted octanol–water partition coefficient (Wildman–Crippen LogP) is 4.24. The Morgan fingerprint density at radius 2 is 1.86 bits per heavy atom. The molecule has 1 fully saturated rings. The van der Waals surface area contributed by atoms with Gasteiger partial charge in [0.1, 0.15) is 0 Å². The van der Waals surface area contributed by atoms with E-state index in [1.165, 1.54) is 16.7 Å². The van der Waals surface area contributed by atoms with E-state index in [1.54, 1.807) is 0 Å². The highest BCUT2D eigenvalue weighted by Crippen LogP contribution is 2.37. The molecule has 1 N–H and O–H groups in total. The Morgan fingerprint density at radius 3 is 2.68 bits per heavy atom. The maximum Gasteiger partial charge on any atom is 0.238 e. The highest BCUT2D eigenvalue weighted by molar-refractivity contribution is 5.92. The van der Waals surface area contributed by atoms with Crippen molar-refractivity contribution in [3.63, 3.8) is 0 Å². The van der Waals surface area contributed by atoms with Gasteiger partial charge >= 0.3 is 0 Å². The zero-order chi connectivity index (χ0) is 19.5. The summed E-state index contributed by atoms with van der Waals surface area (Å²) in [5, 5.41) is 3.04. The molecular formula is C23H28N2O3. The van der Waals surface area contributed by atoms with E-state index in [2.05, 4.69) is 36.2 Å². The van der Waals surface area contributed by atoms with E-state index in [4.69, 9.17) is 9.47 Å². The van der Waals surface area contributed by atoms with Crippen LogP contribution in [0.1, 0.15) is 42.0 Å². The maximum absolute atomic E-state index is 12.6. The zero-order valence-corrected chi connectivity index (χ0v) is 16.7. The Morgan fingerprint density at radius 1 is 1.04 bits per heavy atom. The Hall–Kier alpha value is -2.53. The molecule has 5 heteroatoms. The van der Waals surface area contributed by atoms with Crippen molar-refractivity contribution in [3.8, 4) is 11.5 Å². The topological polar surface area (TPSA) is 50.8 Å². The van der Waals surface area contributed by atoms with E-state index in [0.29, 0.717) is 19.8 Å². The number of ether oxygens (including phenoxy) is 2. The molecule has 0 aliphatic carbocycles. The number of nitrogens with zero attached hydrogens (tertiary/aromatic N) is 1. The van der Waals surface area contributed by atoms with E-state index in [-0.39, 0.29) is 11.9 Å². The monoisotopic (exact) mass is 380 g/mol. The highest BCUT2D eigenvalue weighted by atomic mass is 16.5. The number of anilines is 1. The fourth-order valence-electron chi connectivity index (χ4n) is 3.98. The minimum atomic E-state index is 0.0319. The van der Waals surface area contributed by atoms with Gasteiger partial charge in [-0.2, -0.15) is 0 Å². The molecule has 148 valence electrons. The number of rotatable bonds is 4. The van der Waals surface area contributed by atoms with Crippen molar-refractivity contribution in [3.05, 3.63) is 53.1 Å². The molecule has 0 saturated carbocycles. The van der Waals surface area contributed by atoms with Crippen LogP contribution in [0.5, 0.6) is 11.5 Å². The molecule has 0 radical (unpaired) electrons. The third kappa shape index (κ3) is 4.14. The average Bonchev–Trinajstić information content (AvgIpc) is 3.00. The first-order chi connectivity index (χ1) is 13.6. The van der Waals surface area contributed by atoms with Gasteiger partial charge in [-0.1, -0.05) is 12.1 Å². The molecule has 2 aromatic rings. The van der Waals surface area contributed by atoms with E-state index in [0.717, 1.165) is 43.0 Å². The molecule has 2 aliphatic rings. The van der Waals surface area contributed by atoms with Gasteiger partial charge in [0.05, 0.1) is 19.8 Å². The summed E-state index contributed by atoms with van der Waals surface area (Å²) in [7, 11) is 0. The Bertz CT molecular complexity index is 865. The molecule has 2 heterocycles. The van der Waals surface area contributed by atoms with Crippen LogP contribution >= 0.6 is 0 Å². The first kappa shape index (κ1) is 18.8. The lowest BCUT2D eigenvalue weighted by Gasteiger charge is -2.25. The molecule has 1 saturated heterocycles. The number of carbonyl (C=O) groups excluding carboxylic acids is 1. The molecule has 2 aliphatic heterocycles. The fourth-order valence-corrected chi connectivity index (χ4v) is 3.98. The summed E-state index contributed by atoms with van der Waals surface area (Å²) in [5.41, 5.74) is 4.47. The summed E-state index contributed by atoms with van der Waals surface area (Å²) in [6, 6.07) is 12.5. The molecule has 5 nitrogen and oxygen atoms in total. The number of hydrogen-bond acceptors (Lipinski definition) is 4. The van der Waals surface area contributed by atoms with Gasteiger partial charge in [-0.05, 0) is 74.2 Å². The van der Waals surface area contributed by atoms with Crippen molar-refractivity contribution in [2.45, 2.75) is 39.2 Å². The second-order valence-electron chi connectivity index (χ2n) is 7.73. The Balaban J connectivity index is 1.44. The first-order valence-electron chi connectivity index (χ1n) is 10.1. The molecule has 4 rings (SSSR count). The molecule has 0 aromatic heterocycles. The van der Waals surface area contributed by atoms with Crippen LogP contribution in [-0.4, -0.2) is 37.1 Å². The molecule has 28 heavy (non-hydrogen) atoms. The molecule has 1 amide bonds. The van der Waals surface area contributed by atoms with Gasteiger partial charge in [0.2, 0.25) is 5.91 Å². The third-order valence-electron chi connectivity index (χ3n) is 5.66. The van der Waals surface area contributed by atoms with Crippen molar-refractivity contribution in [2.75, 3.05) is 31.6 Å². The van der Waals surface area contributed by atoms with Crippen molar-refractivity contribution in [1.29, 1.82) is 0 Å². The highest BCUT2D eigenvalue weighted by Gasteiger charge is 2.28. The number of fused-ring (bicyclic) bond motifs is 1. The summed E-state index contributed by atoms with van der Waals surface area (Å²) in [5.74, 6) is 1.67. The van der Waals surface area contributed by atoms with E-state index in [9.17, 15) is 4.79 Å². The van der Waals surface area contributed by atoms with Crippen molar-refractivity contribution in [2.24, 2.45) is 0 Å². The van der Waals surface area contributed by atoms with Gasteiger partial charge < -0.3 is 14.8 Å². The molecule has 0 spiro atoms. The maximum atomic E-state index is 12.6. The first-order valence-corrected chi connectivity index (χ1v) is 10.1. The average molecular weight is 380 g/mol. The van der Waals surface area contributed by atoms with E-state index >= 15 is 0 Å². The summed E-state index contributed by atoms with van der Waals surface area (Å²) >= 11 is 0. The van der Waals surface area contributed by atoms with Crippen LogP contribution in [0.15, 0.2) is 36.4 Å². The van der Waals surface area contributed by atoms with Crippen molar-refractivity contribution in [1.82, 2.24) is 4.90 Å². The third-order valence-corrected chi connectivity index (χ3v) is 5.66. The number of carbonyl (C=O) groups is 1. The predicted molar refractivity (Wildman–Crippen MR) is 110 cm³/mol. The lowest BCUT2D eigenvalue weighted by atomic mass is 10.0. The van der Waals surface area contributed by atoms with E-state index in [1.807, 2.05) is 24.3 Å². The van der Waals surface area contributed by atoms with Gasteiger partial charge in [0.25, 0.3) is 0 Å². The lowest BCUT2D eigenvalue weighted by Crippen LogP contribution is -2.33. The minimum Gasteiger partial charge on any atom is -0.490 e. The van der Waals surface area contributed by atoms with Crippen LogP contribution in [0, 0.1) is 13.8 Å². The van der Waals surface area contributed by atoms with Crippen LogP contribution in [0.25, 0.3) is 0 Å². The Kier molecular flexibility index (Phi) is 5.53. The summed E-state index contributed by atoms with van der Waals surface area (Å²) in [4.78, 5) is 14.9. The summed E-state index contributed by atoms with van der Waals surface area (Å²) < 4.78 is 11.6. The van der Waals surface area contributed by atoms with Crippen LogP contribution < -0.4 is 14.8 Å². The smallest absolute Gasteiger partial charge is 0.238 e. The number of likely N-dealkylation sites (tertiary alicyclic amines) is 1. The quantitative estimate of drug-likeness (QED) is 0.862. The van der Waals surface area contributed by atoms with Crippen molar-refractivity contribution < 1.29 is 14.3 Å². The van der Waals surface area contributed by atoms with Crippen LogP contribution in [-0.2, 0) is 4.79 Å². The van der Waals surface area contributed by atoms with Gasteiger partial charge in [-0.25, -0.2) is 0 Å². The Labute approximate surface area is 166 Å². The molecule has 2 aromatic carbocycles. The second-order valence-corrected chi connectivity index (χ2v) is 7.73. The number of aryl methyl sites for hydroxylation is 2. The summed E-state index contributed by atoms with van der Waals surface area (Å²) in [6.45, 7) is 6.84. The number of nitrogens with one attached hydrogen (secondary N) is 1. The van der Waals surface area contributed by atoms with Crippen LogP contribution in [0.4, 0.5) is 5.69 Å². The van der Waals surface area contributed by atoms with Gasteiger partial charge in [0, 0.05) is 18.2 Å². The minimum absolute atomic E-state index is 0.0319. The SMILES string of the molecule is Cc1ccc(NC(=O)CN2CCC[C@@H]2c2ccc3c(c2)OCCCO3)cc1C. The van der Waals surface area contributed by atoms with Gasteiger partial charge in [-0.15, -0.1) is 0 Å².